The Labute approximate surface area is 314 Å². The van der Waals surface area contributed by atoms with E-state index in [9.17, 15) is 19.2 Å². The predicted molar refractivity (Wildman–Crippen MR) is 215 cm³/mol. The number of ketones is 1. The van der Waals surface area contributed by atoms with Gasteiger partial charge in [-0.2, -0.15) is 0 Å². The Morgan fingerprint density at radius 2 is 1.36 bits per heavy atom. The fourth-order valence-corrected chi connectivity index (χ4v) is 7.40. The van der Waals surface area contributed by atoms with Crippen LogP contribution in [-0.2, 0) is 11.2 Å². The van der Waals surface area contributed by atoms with Crippen LogP contribution in [0.25, 0.3) is 0 Å². The van der Waals surface area contributed by atoms with Crippen LogP contribution in [0.5, 0.6) is 0 Å². The van der Waals surface area contributed by atoms with E-state index in [0.717, 1.165) is 49.9 Å². The first-order valence-corrected chi connectivity index (χ1v) is 28.0. The second-order valence-corrected chi connectivity index (χ2v) is 29.6. The molecule has 4 atom stereocenters. The van der Waals surface area contributed by atoms with Gasteiger partial charge in [-0.3, -0.25) is 14.6 Å². The first-order chi connectivity index (χ1) is 19.2. The molecule has 0 spiro atoms. The second-order valence-electron chi connectivity index (χ2n) is 8.88. The molecule has 0 bridgehead atoms. The van der Waals surface area contributed by atoms with E-state index in [4.69, 9.17) is 10.5 Å². The molecule has 270 valence electrons. The number of fused-ring (bicyclic) bond motifs is 1. The second kappa shape index (κ2) is 30.0. The third kappa shape index (κ3) is 23.0. The van der Waals surface area contributed by atoms with Gasteiger partial charge in [0.1, 0.15) is 5.78 Å². The SMILES string of the molecule is C.C.C.C.CCC1CC(=O)C(C)S1.CCC1CC(NC(N)=O)=C(C)S1.CCC1Cc2[nH]c(=O)[nH]c(=O)c2S1.I[I-]I.NC(N)=O.[2HH]. The van der Waals surface area contributed by atoms with E-state index < -0.39 is 17.8 Å². The van der Waals surface area contributed by atoms with Gasteiger partial charge in [0, 0.05) is 52.7 Å². The average molecular weight is 1040 g/mol. The summed E-state index contributed by atoms with van der Waals surface area (Å²) < 4.78 is 0. The number of H-pyrrole nitrogens is 2. The van der Waals surface area contributed by atoms with Crippen molar-refractivity contribution in [2.24, 2.45) is 17.2 Å². The first-order valence-electron chi connectivity index (χ1n) is 12.8. The molecule has 3 aliphatic heterocycles. The Morgan fingerprint density at radius 3 is 1.71 bits per heavy atom. The Balaban J connectivity index is -0.000000114. The van der Waals surface area contributed by atoms with Gasteiger partial charge in [-0.15, -0.1) is 35.3 Å². The molecule has 17 heteroatoms. The summed E-state index contributed by atoms with van der Waals surface area (Å²) in [5.74, 6) is 0.437. The number of carbonyl (C=O) groups is 3. The number of carbonyl (C=O) groups excluding carboxylic acids is 3. The van der Waals surface area contributed by atoms with Crippen LogP contribution in [0.4, 0.5) is 9.59 Å². The molecule has 1 fully saturated rings. The van der Waals surface area contributed by atoms with Gasteiger partial charge in [0.2, 0.25) is 0 Å². The summed E-state index contributed by atoms with van der Waals surface area (Å²) >= 11 is 10.5. The van der Waals surface area contributed by atoms with Crippen molar-refractivity contribution < 1.29 is 29.1 Å². The number of hydrogen-bond acceptors (Lipinski definition) is 8. The van der Waals surface area contributed by atoms with Gasteiger partial charge < -0.3 is 27.5 Å². The van der Waals surface area contributed by atoms with Crippen molar-refractivity contribution in [3.8, 4) is 0 Å². The standard InChI is InChI=1S/C8H10N2O2S.C8H14N2OS.C7H12OS.CH4N2O.4CH4.I3.H2/c1-2-4-3-5-6(13-4)7(11)10-8(12)9-5;1-3-6-4-7(5(2)12-6)10-8(9)11;1-3-6-4-7(8)5(2)9-6;2-1(3)4;;;;;1-3-2;/h4H,2-3H2,1H3,(H2,9,10,11,12);6H,3-4H2,1-2H3,(H3,9,10,11);5-6H,3-4H2,1-2H3;(H4,2,3,4);4*1H4;;1H/q;;;;;;;;-1;/i;;;;;;;;;1+1. The van der Waals surface area contributed by atoms with Crippen LogP contribution >= 0.6 is 72.5 Å². The van der Waals surface area contributed by atoms with Crippen LogP contribution in [0.2, 0.25) is 0 Å². The van der Waals surface area contributed by atoms with E-state index in [0.29, 0.717) is 39.7 Å². The first kappa shape index (κ1) is 54.3. The van der Waals surface area contributed by atoms with E-state index in [1.165, 1.54) is 4.91 Å². The van der Waals surface area contributed by atoms with E-state index >= 15 is 0 Å². The van der Waals surface area contributed by atoms with E-state index in [2.05, 4.69) is 84.8 Å². The number of halogens is 3. The molecule has 0 saturated carbocycles. The number of amides is 4. The largest absolute Gasteiger partial charge is 0.352 e. The van der Waals surface area contributed by atoms with Gasteiger partial charge in [0.15, 0.2) is 0 Å². The summed E-state index contributed by atoms with van der Waals surface area (Å²) in [6.07, 6.45) is 5.83. The Morgan fingerprint density at radius 1 is 0.889 bits per heavy atom. The minimum Gasteiger partial charge on any atom is -0.352 e. The van der Waals surface area contributed by atoms with Gasteiger partial charge in [0.05, 0.1) is 10.1 Å². The van der Waals surface area contributed by atoms with Gasteiger partial charge in [-0.1, -0.05) is 50.5 Å². The predicted octanol–water partition coefficient (Wildman–Crippen LogP) is 4.74. The summed E-state index contributed by atoms with van der Waals surface area (Å²) in [6, 6.07) is -1.29. The van der Waals surface area contributed by atoms with E-state index in [-0.39, 0.29) is 41.9 Å². The smallest absolute Gasteiger partial charge is 0.309 e. The number of primary amides is 3. The molecule has 45 heavy (non-hydrogen) atoms. The molecule has 0 aliphatic carbocycles. The number of aromatic amines is 2. The summed E-state index contributed by atoms with van der Waals surface area (Å²) in [7, 11) is 0. The molecule has 1 aromatic rings. The maximum absolute atomic E-state index is 11.3. The molecule has 4 rings (SSSR count). The average Bonchev–Trinajstić information content (AvgIpc) is 3.56. The number of urea groups is 2. The zero-order chi connectivity index (χ0) is 31.7. The molecule has 9 N–H and O–H groups in total. The van der Waals surface area contributed by atoms with Crippen LogP contribution in [0.1, 0.15) is 104 Å². The van der Waals surface area contributed by atoms with Crippen LogP contribution in [0, 0.1) is 0 Å². The molecular weight excluding hydrogens is 977 g/mol. The van der Waals surface area contributed by atoms with E-state index in [1.807, 2.05) is 37.4 Å². The van der Waals surface area contributed by atoms with Crippen molar-refractivity contribution in [1.29, 1.82) is 0 Å². The molecule has 3 aliphatic rings. The van der Waals surface area contributed by atoms with Gasteiger partial charge in [-0.25, -0.2) is 14.4 Å². The minimum absolute atomic E-state index is 0. The number of hydrogen-bond donors (Lipinski definition) is 6. The van der Waals surface area contributed by atoms with Crippen LogP contribution in [0.3, 0.4) is 0 Å². The zero-order valence-electron chi connectivity index (χ0n) is 23.7. The third-order valence-electron chi connectivity index (χ3n) is 5.81. The number of thioether (sulfide) groups is 3. The molecule has 1 aromatic heterocycles. The van der Waals surface area contributed by atoms with Crippen molar-refractivity contribution in [2.75, 3.05) is 0 Å². The van der Waals surface area contributed by atoms with Crippen LogP contribution in [-0.4, -0.2) is 48.8 Å². The number of nitrogens with two attached hydrogens (primary N) is 3. The number of allylic oxidation sites excluding steroid dienone is 2. The van der Waals surface area contributed by atoms with Gasteiger partial charge in [-0.05, 0) is 33.1 Å². The molecule has 4 heterocycles. The summed E-state index contributed by atoms with van der Waals surface area (Å²) in [5, 5.41) is 4.60. The van der Waals surface area contributed by atoms with Crippen molar-refractivity contribution in [3.63, 3.8) is 0 Å². The Bertz CT molecular complexity index is 1160. The number of rotatable bonds is 4. The van der Waals surface area contributed by atoms with Crippen LogP contribution < -0.4 is 47.0 Å². The normalized spacial score (nSPS) is 20.1. The molecule has 0 aromatic carbocycles. The third-order valence-corrected chi connectivity index (χ3v) is 10.3. The van der Waals surface area contributed by atoms with Crippen molar-refractivity contribution >= 4 is 90.4 Å². The Kier molecular flexibility index (Phi) is 36.2. The molecule has 11 nitrogen and oxygen atoms in total. The summed E-state index contributed by atoms with van der Waals surface area (Å²) in [6.45, 7) is 10.4. The maximum Gasteiger partial charge on any atom is 0.309 e. The van der Waals surface area contributed by atoms with Crippen LogP contribution in [0.15, 0.2) is 25.1 Å². The zero-order valence-corrected chi connectivity index (χ0v) is 32.6. The molecular formula is C28H58I3N6O5S3-. The fourth-order valence-electron chi connectivity index (χ4n) is 3.75. The molecule has 1 saturated heterocycles. The van der Waals surface area contributed by atoms with Crippen molar-refractivity contribution in [1.82, 2.24) is 15.3 Å². The van der Waals surface area contributed by atoms with Gasteiger partial charge in [0.25, 0.3) is 5.56 Å². The maximum atomic E-state index is 11.3. The number of Topliss-reactive ketones (excluding diaryl/α,β-unsaturated/α-hetero) is 1. The monoisotopic (exact) mass is 1040 g/mol. The Hall–Kier alpha value is -0.130. The number of nitrogens with one attached hydrogen (secondary N) is 3. The van der Waals surface area contributed by atoms with Crippen molar-refractivity contribution in [3.05, 3.63) is 37.1 Å². The topological polar surface area (TPSA) is 207 Å². The fraction of sp³-hybridized carbons (Fsp3) is 0.679. The molecule has 0 radical (unpaired) electrons. The molecule has 4 unspecified atom stereocenters. The number of aromatic nitrogens is 2. The van der Waals surface area contributed by atoms with Crippen molar-refractivity contribution in [2.45, 2.75) is 129 Å². The van der Waals surface area contributed by atoms with Gasteiger partial charge >= 0.3 is 68.2 Å². The van der Waals surface area contributed by atoms with E-state index in [1.54, 1.807) is 11.8 Å². The molecule has 4 amide bonds. The minimum atomic E-state index is -0.833. The quantitative estimate of drug-likeness (QED) is 0.232. The summed E-state index contributed by atoms with van der Waals surface area (Å²) in [4.78, 5) is 59.5. The summed E-state index contributed by atoms with van der Waals surface area (Å²) in [5.41, 5.74) is 14.7.